The maximum Gasteiger partial charge on any atom is 0.0999 e. The van der Waals surface area contributed by atoms with Crippen molar-refractivity contribution in [2.45, 2.75) is 44.7 Å². The summed E-state index contributed by atoms with van der Waals surface area (Å²) in [5.74, 6) is 0.597. The maximum atomic E-state index is 9.27. The summed E-state index contributed by atoms with van der Waals surface area (Å²) in [5.41, 5.74) is 3.59. The van der Waals surface area contributed by atoms with Crippen molar-refractivity contribution in [2.24, 2.45) is 5.92 Å². The number of fused-ring (bicyclic) bond motifs is 1. The SMILES string of the molecule is C[C@@H]1CCCC[C@H]1n1cc(-c2nc(/C(C=N)=C/NC(CO)CO)cn3nccc23)cn1. The zero-order valence-electron chi connectivity index (χ0n) is 17.6. The minimum Gasteiger partial charge on any atom is -0.394 e. The van der Waals surface area contributed by atoms with Gasteiger partial charge in [0.05, 0.1) is 60.8 Å². The smallest absolute Gasteiger partial charge is 0.0999 e. The molecule has 3 aromatic rings. The molecular formula is C22H29N7O2. The van der Waals surface area contributed by atoms with Crippen molar-refractivity contribution in [3.05, 3.63) is 42.7 Å². The van der Waals surface area contributed by atoms with Crippen LogP contribution in [0.25, 0.3) is 22.3 Å². The van der Waals surface area contributed by atoms with E-state index in [2.05, 4.69) is 33.3 Å². The lowest BCUT2D eigenvalue weighted by Gasteiger charge is -2.28. The molecule has 0 unspecified atom stereocenters. The van der Waals surface area contributed by atoms with Crippen molar-refractivity contribution in [3.8, 4) is 11.3 Å². The predicted octanol–water partition coefficient (Wildman–Crippen LogP) is 2.28. The number of hydrogen-bond donors (Lipinski definition) is 4. The molecule has 3 heterocycles. The zero-order valence-corrected chi connectivity index (χ0v) is 17.6. The van der Waals surface area contributed by atoms with Crippen LogP contribution in [-0.4, -0.2) is 60.1 Å². The second-order valence-electron chi connectivity index (χ2n) is 8.15. The molecule has 0 saturated heterocycles. The van der Waals surface area contributed by atoms with Crippen LogP contribution in [-0.2, 0) is 0 Å². The molecular weight excluding hydrogens is 394 g/mol. The first-order valence-electron chi connectivity index (χ1n) is 10.7. The van der Waals surface area contributed by atoms with Gasteiger partial charge in [-0.2, -0.15) is 10.2 Å². The van der Waals surface area contributed by atoms with Gasteiger partial charge in [-0.1, -0.05) is 19.8 Å². The van der Waals surface area contributed by atoms with Gasteiger partial charge in [0.1, 0.15) is 0 Å². The average molecular weight is 424 g/mol. The number of nitrogens with one attached hydrogen (secondary N) is 2. The number of hydrogen-bond acceptors (Lipinski definition) is 7. The summed E-state index contributed by atoms with van der Waals surface area (Å²) < 4.78 is 3.81. The molecule has 0 bridgehead atoms. The molecule has 0 aromatic carbocycles. The summed E-state index contributed by atoms with van der Waals surface area (Å²) in [6.07, 6.45) is 15.0. The third kappa shape index (κ3) is 4.38. The Morgan fingerprint density at radius 3 is 2.81 bits per heavy atom. The Morgan fingerprint density at radius 1 is 1.26 bits per heavy atom. The molecule has 9 nitrogen and oxygen atoms in total. The number of aromatic nitrogens is 5. The average Bonchev–Trinajstić information content (AvgIpc) is 3.46. The Labute approximate surface area is 180 Å². The third-order valence-corrected chi connectivity index (χ3v) is 6.04. The van der Waals surface area contributed by atoms with E-state index in [4.69, 9.17) is 10.4 Å². The molecule has 0 aliphatic heterocycles. The fourth-order valence-electron chi connectivity index (χ4n) is 4.17. The van der Waals surface area contributed by atoms with E-state index in [1.54, 1.807) is 23.1 Å². The molecule has 0 radical (unpaired) electrons. The third-order valence-electron chi connectivity index (χ3n) is 6.04. The van der Waals surface area contributed by atoms with E-state index in [9.17, 15) is 10.2 Å². The van der Waals surface area contributed by atoms with Crippen LogP contribution in [0.2, 0.25) is 0 Å². The van der Waals surface area contributed by atoms with Crippen LogP contribution in [0.3, 0.4) is 0 Å². The molecule has 9 heteroatoms. The van der Waals surface area contributed by atoms with Crippen molar-refractivity contribution in [2.75, 3.05) is 13.2 Å². The van der Waals surface area contributed by atoms with Gasteiger partial charge in [0.2, 0.25) is 0 Å². The minimum atomic E-state index is -0.501. The molecule has 164 valence electrons. The number of aliphatic hydroxyl groups is 2. The largest absolute Gasteiger partial charge is 0.394 e. The molecule has 0 amide bonds. The highest BCUT2D eigenvalue weighted by Gasteiger charge is 2.24. The Hall–Kier alpha value is -3.04. The van der Waals surface area contributed by atoms with Crippen LogP contribution in [0.1, 0.15) is 44.3 Å². The van der Waals surface area contributed by atoms with Gasteiger partial charge in [0.25, 0.3) is 0 Å². The first kappa shape index (κ1) is 21.2. The molecule has 31 heavy (non-hydrogen) atoms. The zero-order chi connectivity index (χ0) is 21.8. The van der Waals surface area contributed by atoms with E-state index in [-0.39, 0.29) is 13.2 Å². The molecule has 1 aliphatic rings. The number of allylic oxidation sites excluding steroid dienone is 1. The van der Waals surface area contributed by atoms with E-state index >= 15 is 0 Å². The quantitative estimate of drug-likeness (QED) is 0.412. The number of rotatable bonds is 8. The van der Waals surface area contributed by atoms with E-state index in [0.29, 0.717) is 23.2 Å². The molecule has 1 aliphatic carbocycles. The van der Waals surface area contributed by atoms with Gasteiger partial charge in [-0.3, -0.25) is 4.68 Å². The van der Waals surface area contributed by atoms with Crippen LogP contribution < -0.4 is 5.32 Å². The highest BCUT2D eigenvalue weighted by molar-refractivity contribution is 6.07. The van der Waals surface area contributed by atoms with Gasteiger partial charge < -0.3 is 20.9 Å². The first-order valence-corrected chi connectivity index (χ1v) is 10.7. The van der Waals surface area contributed by atoms with Crippen LogP contribution in [0, 0.1) is 11.3 Å². The lowest BCUT2D eigenvalue weighted by molar-refractivity contribution is 0.180. The highest BCUT2D eigenvalue weighted by atomic mass is 16.3. The van der Waals surface area contributed by atoms with Gasteiger partial charge in [-0.05, 0) is 24.8 Å². The monoisotopic (exact) mass is 423 g/mol. The molecule has 0 spiro atoms. The second-order valence-corrected chi connectivity index (χ2v) is 8.15. The Balaban J connectivity index is 1.71. The van der Waals surface area contributed by atoms with E-state index in [1.807, 2.05) is 12.3 Å². The number of nitrogens with zero attached hydrogens (tertiary/aromatic N) is 5. The van der Waals surface area contributed by atoms with E-state index in [1.165, 1.54) is 25.5 Å². The summed E-state index contributed by atoms with van der Waals surface area (Å²) in [5, 5.41) is 38.3. The van der Waals surface area contributed by atoms with Gasteiger partial charge in [-0.25, -0.2) is 9.50 Å². The normalized spacial score (nSPS) is 19.8. The molecule has 1 fully saturated rings. The van der Waals surface area contributed by atoms with Gasteiger partial charge in [0.15, 0.2) is 0 Å². The van der Waals surface area contributed by atoms with E-state index in [0.717, 1.165) is 23.2 Å². The molecule has 2 atom stereocenters. The summed E-state index contributed by atoms with van der Waals surface area (Å²) >= 11 is 0. The van der Waals surface area contributed by atoms with Crippen LogP contribution >= 0.6 is 0 Å². The molecule has 3 aromatic heterocycles. The first-order chi connectivity index (χ1) is 15.1. The fraction of sp³-hybridized carbons (Fsp3) is 0.455. The summed E-state index contributed by atoms with van der Waals surface area (Å²) in [6.45, 7) is 1.86. The van der Waals surface area contributed by atoms with E-state index < -0.39 is 6.04 Å². The fourth-order valence-corrected chi connectivity index (χ4v) is 4.17. The molecule has 4 rings (SSSR count). The topological polar surface area (TPSA) is 124 Å². The number of aliphatic hydroxyl groups excluding tert-OH is 2. The minimum absolute atomic E-state index is 0.214. The van der Waals surface area contributed by atoms with Gasteiger partial charge >= 0.3 is 0 Å². The Bertz CT molecular complexity index is 1070. The second kappa shape index (κ2) is 9.40. The maximum absolute atomic E-state index is 9.27. The van der Waals surface area contributed by atoms with Gasteiger partial charge in [0, 0.05) is 29.7 Å². The molecule has 4 N–H and O–H groups in total. The lowest BCUT2D eigenvalue weighted by atomic mass is 9.86. The van der Waals surface area contributed by atoms with Gasteiger partial charge in [-0.15, -0.1) is 0 Å². The lowest BCUT2D eigenvalue weighted by Crippen LogP contribution is -2.32. The van der Waals surface area contributed by atoms with Crippen molar-refractivity contribution < 1.29 is 10.2 Å². The van der Waals surface area contributed by atoms with Crippen molar-refractivity contribution in [3.63, 3.8) is 0 Å². The van der Waals surface area contributed by atoms with Crippen LogP contribution in [0.4, 0.5) is 0 Å². The van der Waals surface area contributed by atoms with Crippen molar-refractivity contribution in [1.29, 1.82) is 5.41 Å². The summed E-state index contributed by atoms with van der Waals surface area (Å²) in [6, 6.07) is 1.81. The van der Waals surface area contributed by atoms with Crippen LogP contribution in [0.5, 0.6) is 0 Å². The molecule has 1 saturated carbocycles. The Morgan fingerprint density at radius 2 is 2.06 bits per heavy atom. The predicted molar refractivity (Wildman–Crippen MR) is 119 cm³/mol. The Kier molecular flexibility index (Phi) is 6.43. The summed E-state index contributed by atoms with van der Waals surface area (Å²) in [7, 11) is 0. The highest BCUT2D eigenvalue weighted by Crippen LogP contribution is 2.34. The van der Waals surface area contributed by atoms with Crippen molar-refractivity contribution in [1.82, 2.24) is 29.7 Å². The van der Waals surface area contributed by atoms with Crippen molar-refractivity contribution >= 4 is 17.3 Å². The standard InChI is InChI=1S/C22H29N7O2/c1-15-4-2-3-5-20(15)28-11-17(10-26-28)22-21-6-7-25-29(21)12-19(27-22)16(8-23)9-24-18(13-30)14-31/h6-12,15,18,20,23-24,30-31H,2-5,13-14H2,1H3/b16-9+,23-8?/t15-,20-/m1/s1. The summed E-state index contributed by atoms with van der Waals surface area (Å²) in [4.78, 5) is 4.82. The van der Waals surface area contributed by atoms with Crippen LogP contribution in [0.15, 0.2) is 37.1 Å².